The number of hydrogen-bond donors (Lipinski definition) is 0. The van der Waals surface area contributed by atoms with Gasteiger partial charge in [0, 0.05) is 43.4 Å². The first-order valence-corrected chi connectivity index (χ1v) is 7.24. The monoisotopic (exact) mass is 298 g/mol. The molecule has 0 spiro atoms. The van der Waals surface area contributed by atoms with E-state index in [0.29, 0.717) is 0 Å². The van der Waals surface area contributed by atoms with Crippen molar-refractivity contribution < 1.29 is 0 Å². The van der Waals surface area contributed by atoms with E-state index in [2.05, 4.69) is 35.7 Å². The van der Waals surface area contributed by atoms with Crippen molar-refractivity contribution in [1.82, 2.24) is 14.9 Å². The highest BCUT2D eigenvalue weighted by atomic mass is 79.9. The van der Waals surface area contributed by atoms with E-state index in [4.69, 9.17) is 0 Å². The van der Waals surface area contributed by atoms with Gasteiger partial charge in [0.2, 0.25) is 5.95 Å². The summed E-state index contributed by atoms with van der Waals surface area (Å²) in [6.07, 6.45) is 3.03. The Bertz CT molecular complexity index is 358. The van der Waals surface area contributed by atoms with Crippen molar-refractivity contribution in [2.24, 2.45) is 0 Å². The maximum Gasteiger partial charge on any atom is 0.225 e. The number of nitrogens with zero attached hydrogens (tertiary/aromatic N) is 4. The van der Waals surface area contributed by atoms with E-state index in [-0.39, 0.29) is 0 Å². The van der Waals surface area contributed by atoms with Gasteiger partial charge in [0.25, 0.3) is 0 Å². The molecule has 5 heteroatoms. The summed E-state index contributed by atoms with van der Waals surface area (Å²) in [4.78, 5) is 13.6. The van der Waals surface area contributed by atoms with Crippen LogP contribution < -0.4 is 4.90 Å². The first-order chi connectivity index (χ1) is 8.29. The molecule has 0 atom stereocenters. The lowest BCUT2D eigenvalue weighted by atomic mass is 10.4. The minimum absolute atomic E-state index is 0.880. The van der Waals surface area contributed by atoms with Crippen LogP contribution >= 0.6 is 15.9 Å². The van der Waals surface area contributed by atoms with Gasteiger partial charge in [-0.05, 0) is 26.0 Å². The van der Waals surface area contributed by atoms with Crippen molar-refractivity contribution in [2.75, 3.05) is 43.0 Å². The molecule has 0 amide bonds. The summed E-state index contributed by atoms with van der Waals surface area (Å²) in [5.74, 6) is 0.880. The maximum absolute atomic E-state index is 4.50. The number of anilines is 1. The predicted molar refractivity (Wildman–Crippen MR) is 73.8 cm³/mol. The van der Waals surface area contributed by atoms with Gasteiger partial charge < -0.3 is 9.80 Å². The average Bonchev–Trinajstić information content (AvgIpc) is 2.55. The van der Waals surface area contributed by atoms with Gasteiger partial charge in [0.05, 0.1) is 0 Å². The molecule has 0 aromatic carbocycles. The molecule has 94 valence electrons. The number of alkyl halides is 1. The lowest BCUT2D eigenvalue weighted by molar-refractivity contribution is 0.313. The third kappa shape index (κ3) is 3.64. The molecule has 1 aliphatic heterocycles. The second-order valence-electron chi connectivity index (χ2n) is 4.37. The van der Waals surface area contributed by atoms with Crippen LogP contribution in [0.3, 0.4) is 0 Å². The fourth-order valence-corrected chi connectivity index (χ4v) is 2.60. The first-order valence-electron chi connectivity index (χ1n) is 6.12. The summed E-state index contributed by atoms with van der Waals surface area (Å²) in [5, 5.41) is 1.05. The zero-order valence-electron chi connectivity index (χ0n) is 10.3. The van der Waals surface area contributed by atoms with Gasteiger partial charge in [-0.1, -0.05) is 15.9 Å². The second-order valence-corrected chi connectivity index (χ2v) is 5.16. The Balaban J connectivity index is 1.99. The molecule has 0 N–H and O–H groups in total. The molecule has 1 aliphatic rings. The summed E-state index contributed by atoms with van der Waals surface area (Å²) in [5.41, 5.74) is 1.04. The normalized spacial score (nSPS) is 18.1. The van der Waals surface area contributed by atoms with Crippen LogP contribution in [0.2, 0.25) is 0 Å². The summed E-state index contributed by atoms with van der Waals surface area (Å²) in [7, 11) is 0. The van der Waals surface area contributed by atoms with Gasteiger partial charge in [-0.25, -0.2) is 9.97 Å². The Morgan fingerprint density at radius 1 is 1.29 bits per heavy atom. The van der Waals surface area contributed by atoms with Crippen molar-refractivity contribution in [2.45, 2.75) is 13.3 Å². The Morgan fingerprint density at radius 3 is 2.94 bits per heavy atom. The van der Waals surface area contributed by atoms with Gasteiger partial charge in [-0.2, -0.15) is 0 Å². The molecular weight excluding hydrogens is 280 g/mol. The van der Waals surface area contributed by atoms with E-state index < -0.39 is 0 Å². The second kappa shape index (κ2) is 6.31. The van der Waals surface area contributed by atoms with E-state index in [9.17, 15) is 0 Å². The van der Waals surface area contributed by atoms with Crippen LogP contribution in [0.15, 0.2) is 12.3 Å². The smallest absolute Gasteiger partial charge is 0.225 e. The number of rotatable bonds is 3. The molecule has 0 radical (unpaired) electrons. The zero-order valence-corrected chi connectivity index (χ0v) is 11.9. The van der Waals surface area contributed by atoms with Crippen LogP contribution in [0.1, 0.15) is 12.1 Å². The van der Waals surface area contributed by atoms with Crippen LogP contribution in [0.25, 0.3) is 0 Å². The van der Waals surface area contributed by atoms with E-state index in [0.717, 1.165) is 43.2 Å². The zero-order chi connectivity index (χ0) is 12.1. The summed E-state index contributed by atoms with van der Waals surface area (Å²) >= 11 is 3.50. The quantitative estimate of drug-likeness (QED) is 0.795. The maximum atomic E-state index is 4.50. The number of halogens is 1. The molecule has 0 unspecified atom stereocenters. The molecule has 2 heterocycles. The third-order valence-electron chi connectivity index (χ3n) is 3.05. The Morgan fingerprint density at radius 2 is 2.18 bits per heavy atom. The van der Waals surface area contributed by atoms with Crippen molar-refractivity contribution >= 4 is 21.9 Å². The van der Waals surface area contributed by atoms with Gasteiger partial charge in [-0.15, -0.1) is 0 Å². The number of hydrogen-bond acceptors (Lipinski definition) is 4. The number of aromatic nitrogens is 2. The third-order valence-corrected chi connectivity index (χ3v) is 3.41. The summed E-state index contributed by atoms with van der Waals surface area (Å²) in [6.45, 7) is 7.50. The van der Waals surface area contributed by atoms with Gasteiger partial charge in [0.1, 0.15) is 0 Å². The Kier molecular flexibility index (Phi) is 4.74. The highest BCUT2D eigenvalue weighted by Gasteiger charge is 2.16. The Hall–Kier alpha value is -0.680. The molecule has 1 fully saturated rings. The fourth-order valence-electron chi connectivity index (χ4n) is 2.10. The highest BCUT2D eigenvalue weighted by molar-refractivity contribution is 9.09. The lowest BCUT2D eigenvalue weighted by Gasteiger charge is -2.21. The molecule has 2 rings (SSSR count). The van der Waals surface area contributed by atoms with Crippen LogP contribution in [-0.4, -0.2) is 52.9 Å². The van der Waals surface area contributed by atoms with E-state index >= 15 is 0 Å². The largest absolute Gasteiger partial charge is 0.339 e. The molecule has 0 aliphatic carbocycles. The standard InChI is InChI=1S/C12H19BrN4/c1-11-3-5-14-12(15-11)17-7-2-6-16(8-4-13)9-10-17/h3,5H,2,4,6-10H2,1H3. The van der Waals surface area contributed by atoms with Crippen LogP contribution in [0.5, 0.6) is 0 Å². The molecular formula is C12H19BrN4. The SMILES string of the molecule is Cc1ccnc(N2CCCN(CCBr)CC2)n1. The van der Waals surface area contributed by atoms with Crippen molar-refractivity contribution in [3.05, 3.63) is 18.0 Å². The topological polar surface area (TPSA) is 32.3 Å². The van der Waals surface area contributed by atoms with Crippen LogP contribution in [0, 0.1) is 6.92 Å². The summed E-state index contributed by atoms with van der Waals surface area (Å²) < 4.78 is 0. The van der Waals surface area contributed by atoms with E-state index in [1.807, 2.05) is 19.2 Å². The average molecular weight is 299 g/mol. The van der Waals surface area contributed by atoms with E-state index in [1.165, 1.54) is 13.0 Å². The van der Waals surface area contributed by atoms with Crippen molar-refractivity contribution in [3.63, 3.8) is 0 Å². The lowest BCUT2D eigenvalue weighted by Crippen LogP contribution is -2.32. The molecule has 4 nitrogen and oxygen atoms in total. The number of aryl methyl sites for hydroxylation is 1. The molecule has 1 aromatic heterocycles. The fraction of sp³-hybridized carbons (Fsp3) is 0.667. The predicted octanol–water partition coefficient (Wildman–Crippen LogP) is 1.69. The highest BCUT2D eigenvalue weighted by Crippen LogP contribution is 2.11. The van der Waals surface area contributed by atoms with E-state index in [1.54, 1.807) is 0 Å². The van der Waals surface area contributed by atoms with Crippen molar-refractivity contribution in [3.8, 4) is 0 Å². The minimum Gasteiger partial charge on any atom is -0.339 e. The molecule has 0 bridgehead atoms. The molecule has 1 aromatic rings. The minimum atomic E-state index is 0.880. The Labute approximate surface area is 111 Å². The van der Waals surface area contributed by atoms with Gasteiger partial charge >= 0.3 is 0 Å². The molecule has 1 saturated heterocycles. The van der Waals surface area contributed by atoms with Gasteiger partial charge in [-0.3, -0.25) is 0 Å². The van der Waals surface area contributed by atoms with Crippen LogP contribution in [-0.2, 0) is 0 Å². The van der Waals surface area contributed by atoms with Crippen molar-refractivity contribution in [1.29, 1.82) is 0 Å². The first kappa shape index (κ1) is 12.8. The van der Waals surface area contributed by atoms with Crippen LogP contribution in [0.4, 0.5) is 5.95 Å². The molecule has 0 saturated carbocycles. The van der Waals surface area contributed by atoms with Gasteiger partial charge in [0.15, 0.2) is 0 Å². The molecule has 17 heavy (non-hydrogen) atoms. The summed E-state index contributed by atoms with van der Waals surface area (Å²) in [6, 6.07) is 1.94.